The van der Waals surface area contributed by atoms with Crippen molar-refractivity contribution < 1.29 is 18.7 Å². The molecule has 0 radical (unpaired) electrons. The summed E-state index contributed by atoms with van der Waals surface area (Å²) < 4.78 is 16.5. The molecule has 0 N–H and O–H groups in total. The molecule has 3 aromatic carbocycles. The number of ether oxygens (including phenoxy) is 2. The van der Waals surface area contributed by atoms with Crippen molar-refractivity contribution >= 4 is 16.7 Å². The van der Waals surface area contributed by atoms with E-state index in [0.29, 0.717) is 24.5 Å². The molecule has 2 aliphatic heterocycles. The molecule has 7 heteroatoms. The van der Waals surface area contributed by atoms with Gasteiger partial charge in [0, 0.05) is 38.3 Å². The van der Waals surface area contributed by atoms with Crippen molar-refractivity contribution in [1.29, 1.82) is 0 Å². The SMILES string of the molecule is O=C(c1ncoc1-c1ccc2ccccc2c1)N1CCN(Cc2ccc3c(c2)OCO3)CC1. The zero-order valence-electron chi connectivity index (χ0n) is 18.1. The average Bonchev–Trinajstić information content (AvgIpc) is 3.53. The Balaban J connectivity index is 1.14. The maximum atomic E-state index is 13.3. The molecule has 0 spiro atoms. The molecule has 0 aliphatic carbocycles. The van der Waals surface area contributed by atoms with Gasteiger partial charge in [-0.05, 0) is 34.5 Å². The number of oxazole rings is 1. The van der Waals surface area contributed by atoms with Crippen LogP contribution in [0.15, 0.2) is 71.5 Å². The monoisotopic (exact) mass is 441 g/mol. The van der Waals surface area contributed by atoms with E-state index < -0.39 is 0 Å². The Morgan fingerprint density at radius 2 is 1.70 bits per heavy atom. The quantitative estimate of drug-likeness (QED) is 0.473. The lowest BCUT2D eigenvalue weighted by molar-refractivity contribution is 0.0623. The maximum Gasteiger partial charge on any atom is 0.276 e. The van der Waals surface area contributed by atoms with Crippen LogP contribution in [0.25, 0.3) is 22.1 Å². The molecule has 0 saturated carbocycles. The first-order valence-corrected chi connectivity index (χ1v) is 11.1. The van der Waals surface area contributed by atoms with Crippen LogP contribution >= 0.6 is 0 Å². The molecule has 7 nitrogen and oxygen atoms in total. The molecule has 4 aromatic rings. The van der Waals surface area contributed by atoms with Crippen LogP contribution in [-0.4, -0.2) is 53.7 Å². The number of carbonyl (C=O) groups excluding carboxylic acids is 1. The van der Waals surface area contributed by atoms with Crippen LogP contribution in [0.4, 0.5) is 0 Å². The second-order valence-corrected chi connectivity index (χ2v) is 8.35. The second-order valence-electron chi connectivity index (χ2n) is 8.35. The third-order valence-corrected chi connectivity index (χ3v) is 6.28. The highest BCUT2D eigenvalue weighted by molar-refractivity contribution is 5.98. The Bertz CT molecular complexity index is 1320. The number of aromatic nitrogens is 1. The fourth-order valence-corrected chi connectivity index (χ4v) is 4.49. The fraction of sp³-hybridized carbons (Fsp3) is 0.231. The normalized spacial score (nSPS) is 15.8. The van der Waals surface area contributed by atoms with Crippen LogP contribution < -0.4 is 9.47 Å². The number of rotatable bonds is 4. The molecule has 1 fully saturated rings. The van der Waals surface area contributed by atoms with Gasteiger partial charge >= 0.3 is 0 Å². The summed E-state index contributed by atoms with van der Waals surface area (Å²) in [4.78, 5) is 21.7. The van der Waals surface area contributed by atoms with Crippen LogP contribution in [0.5, 0.6) is 11.5 Å². The van der Waals surface area contributed by atoms with E-state index in [1.54, 1.807) is 0 Å². The molecular formula is C26H23N3O4. The zero-order chi connectivity index (χ0) is 22.2. The van der Waals surface area contributed by atoms with Crippen LogP contribution in [-0.2, 0) is 6.54 Å². The number of piperazine rings is 1. The van der Waals surface area contributed by atoms with Gasteiger partial charge in [-0.25, -0.2) is 4.98 Å². The highest BCUT2D eigenvalue weighted by atomic mass is 16.7. The van der Waals surface area contributed by atoms with Gasteiger partial charge in [-0.1, -0.05) is 42.5 Å². The molecule has 1 aromatic heterocycles. The molecule has 166 valence electrons. The fourth-order valence-electron chi connectivity index (χ4n) is 4.49. The predicted octanol–water partition coefficient (Wildman–Crippen LogP) is 4.18. The summed E-state index contributed by atoms with van der Waals surface area (Å²) in [6.45, 7) is 3.97. The standard InChI is InChI=1S/C26H23N3O4/c30-26(24-25(31-16-27-24)21-7-6-19-3-1-2-4-20(19)14-21)29-11-9-28(10-12-29)15-18-5-8-22-23(13-18)33-17-32-22/h1-8,13-14,16H,9-12,15,17H2. The van der Waals surface area contributed by atoms with Crippen molar-refractivity contribution in [3.05, 3.63) is 78.3 Å². The van der Waals surface area contributed by atoms with E-state index in [2.05, 4.69) is 28.1 Å². The highest BCUT2D eigenvalue weighted by Crippen LogP contribution is 2.33. The molecule has 3 heterocycles. The van der Waals surface area contributed by atoms with E-state index in [1.807, 2.05) is 47.4 Å². The lowest BCUT2D eigenvalue weighted by Crippen LogP contribution is -2.48. The van der Waals surface area contributed by atoms with Crippen LogP contribution in [0.2, 0.25) is 0 Å². The molecule has 2 aliphatic rings. The molecule has 33 heavy (non-hydrogen) atoms. The average molecular weight is 441 g/mol. The highest BCUT2D eigenvalue weighted by Gasteiger charge is 2.27. The second kappa shape index (κ2) is 8.26. The van der Waals surface area contributed by atoms with Crippen molar-refractivity contribution in [3.8, 4) is 22.8 Å². The minimum absolute atomic E-state index is 0.0883. The van der Waals surface area contributed by atoms with Gasteiger partial charge in [0.1, 0.15) is 0 Å². The van der Waals surface area contributed by atoms with E-state index >= 15 is 0 Å². The van der Waals surface area contributed by atoms with Crippen molar-refractivity contribution in [2.75, 3.05) is 33.0 Å². The number of carbonyl (C=O) groups is 1. The number of hydrogen-bond acceptors (Lipinski definition) is 6. The van der Waals surface area contributed by atoms with Gasteiger partial charge in [0.2, 0.25) is 6.79 Å². The largest absolute Gasteiger partial charge is 0.454 e. The molecule has 6 rings (SSSR count). The smallest absolute Gasteiger partial charge is 0.276 e. The number of hydrogen-bond donors (Lipinski definition) is 0. The minimum atomic E-state index is -0.0883. The lowest BCUT2D eigenvalue weighted by Gasteiger charge is -2.34. The Morgan fingerprint density at radius 1 is 0.879 bits per heavy atom. The molecule has 0 unspecified atom stereocenters. The number of nitrogens with zero attached hydrogens (tertiary/aromatic N) is 3. The molecule has 0 atom stereocenters. The van der Waals surface area contributed by atoms with E-state index in [4.69, 9.17) is 13.9 Å². The van der Waals surface area contributed by atoms with Crippen LogP contribution in [0.3, 0.4) is 0 Å². The predicted molar refractivity (Wildman–Crippen MR) is 123 cm³/mol. The molecule has 1 saturated heterocycles. The first-order valence-electron chi connectivity index (χ1n) is 11.1. The van der Waals surface area contributed by atoms with Crippen LogP contribution in [0.1, 0.15) is 16.1 Å². The van der Waals surface area contributed by atoms with Crippen molar-refractivity contribution in [1.82, 2.24) is 14.8 Å². The Hall–Kier alpha value is -3.84. The summed E-state index contributed by atoms with van der Waals surface area (Å²) in [5, 5.41) is 2.24. The topological polar surface area (TPSA) is 68.0 Å². The van der Waals surface area contributed by atoms with E-state index in [9.17, 15) is 4.79 Å². The van der Waals surface area contributed by atoms with Crippen molar-refractivity contribution in [3.63, 3.8) is 0 Å². The lowest BCUT2D eigenvalue weighted by atomic mass is 10.0. The third-order valence-electron chi connectivity index (χ3n) is 6.28. The number of amides is 1. The minimum Gasteiger partial charge on any atom is -0.454 e. The first-order chi connectivity index (χ1) is 16.2. The van der Waals surface area contributed by atoms with Gasteiger partial charge in [0.15, 0.2) is 29.3 Å². The summed E-state index contributed by atoms with van der Waals surface area (Å²) in [6, 6.07) is 20.2. The Labute approximate surface area is 191 Å². The molecule has 1 amide bonds. The Morgan fingerprint density at radius 3 is 2.58 bits per heavy atom. The maximum absolute atomic E-state index is 13.3. The summed E-state index contributed by atoms with van der Waals surface area (Å²) in [5.74, 6) is 2.03. The van der Waals surface area contributed by atoms with E-state index in [-0.39, 0.29) is 12.7 Å². The van der Waals surface area contributed by atoms with E-state index in [1.165, 1.54) is 12.0 Å². The van der Waals surface area contributed by atoms with Gasteiger partial charge in [-0.2, -0.15) is 0 Å². The summed E-state index contributed by atoms with van der Waals surface area (Å²) in [5.41, 5.74) is 2.40. The van der Waals surface area contributed by atoms with Crippen LogP contribution in [0, 0.1) is 0 Å². The van der Waals surface area contributed by atoms with Crippen molar-refractivity contribution in [2.24, 2.45) is 0 Å². The summed E-state index contributed by atoms with van der Waals surface area (Å²) >= 11 is 0. The molecule has 0 bridgehead atoms. The van der Waals surface area contributed by atoms with Crippen molar-refractivity contribution in [2.45, 2.75) is 6.54 Å². The molecular weight excluding hydrogens is 418 g/mol. The number of fused-ring (bicyclic) bond motifs is 2. The van der Waals surface area contributed by atoms with Gasteiger partial charge in [-0.3, -0.25) is 9.69 Å². The summed E-state index contributed by atoms with van der Waals surface area (Å²) in [6.07, 6.45) is 1.35. The third kappa shape index (κ3) is 3.81. The van der Waals surface area contributed by atoms with Gasteiger partial charge < -0.3 is 18.8 Å². The van der Waals surface area contributed by atoms with Gasteiger partial charge in [0.05, 0.1) is 0 Å². The zero-order valence-corrected chi connectivity index (χ0v) is 18.1. The first kappa shape index (κ1) is 19.8. The number of benzene rings is 3. The summed E-state index contributed by atoms with van der Waals surface area (Å²) in [7, 11) is 0. The van der Waals surface area contributed by atoms with E-state index in [0.717, 1.165) is 47.5 Å². The Kier molecular flexibility index (Phi) is 4.96. The van der Waals surface area contributed by atoms with Gasteiger partial charge in [0.25, 0.3) is 5.91 Å². The van der Waals surface area contributed by atoms with Gasteiger partial charge in [-0.15, -0.1) is 0 Å².